The molecule has 0 radical (unpaired) electrons. The summed E-state index contributed by atoms with van der Waals surface area (Å²) in [5, 5.41) is 3.64. The summed E-state index contributed by atoms with van der Waals surface area (Å²) in [6.45, 7) is 15.6. The van der Waals surface area contributed by atoms with Crippen LogP contribution in [0, 0.1) is 5.92 Å². The molecule has 2 aromatic carbocycles. The Morgan fingerprint density at radius 2 is 1.67 bits per heavy atom. The topological polar surface area (TPSA) is 39.7 Å². The molecular formula is C35H53NO3. The van der Waals surface area contributed by atoms with E-state index >= 15 is 0 Å². The minimum atomic E-state index is -0.460. The summed E-state index contributed by atoms with van der Waals surface area (Å²) >= 11 is 0. The fourth-order valence-electron chi connectivity index (χ4n) is 6.03. The second-order valence-corrected chi connectivity index (χ2v) is 13.3. The Labute approximate surface area is 238 Å². The van der Waals surface area contributed by atoms with Gasteiger partial charge in [-0.05, 0) is 67.3 Å². The summed E-state index contributed by atoms with van der Waals surface area (Å²) < 4.78 is 19.8. The number of benzene rings is 2. The highest BCUT2D eigenvalue weighted by Crippen LogP contribution is 2.45. The van der Waals surface area contributed by atoms with E-state index in [1.54, 1.807) is 0 Å². The van der Waals surface area contributed by atoms with Crippen molar-refractivity contribution in [1.29, 1.82) is 0 Å². The second-order valence-electron chi connectivity index (χ2n) is 13.3. The molecule has 1 fully saturated rings. The fourth-order valence-corrected chi connectivity index (χ4v) is 6.03. The average Bonchev–Trinajstić information content (AvgIpc) is 2.91. The van der Waals surface area contributed by atoms with Crippen molar-refractivity contribution in [2.75, 3.05) is 18.5 Å². The first-order chi connectivity index (χ1) is 18.7. The monoisotopic (exact) mass is 535 g/mol. The van der Waals surface area contributed by atoms with Crippen molar-refractivity contribution in [1.82, 2.24) is 0 Å². The van der Waals surface area contributed by atoms with Crippen molar-refractivity contribution in [3.8, 4) is 5.75 Å². The van der Waals surface area contributed by atoms with Gasteiger partial charge in [-0.1, -0.05) is 96.9 Å². The molecule has 4 nitrogen and oxygen atoms in total. The van der Waals surface area contributed by atoms with Crippen LogP contribution in [-0.2, 0) is 21.4 Å². The normalized spacial score (nSPS) is 21.3. The Balaban J connectivity index is 1.49. The molecule has 216 valence electrons. The van der Waals surface area contributed by atoms with E-state index < -0.39 is 5.60 Å². The van der Waals surface area contributed by atoms with Crippen molar-refractivity contribution in [3.05, 3.63) is 59.2 Å². The molecular weight excluding hydrogens is 482 g/mol. The molecule has 2 unspecified atom stereocenters. The van der Waals surface area contributed by atoms with Crippen LogP contribution >= 0.6 is 0 Å². The van der Waals surface area contributed by atoms with Crippen molar-refractivity contribution in [2.45, 2.75) is 129 Å². The van der Waals surface area contributed by atoms with Crippen LogP contribution in [-0.4, -0.2) is 24.9 Å². The van der Waals surface area contributed by atoms with Gasteiger partial charge in [0.15, 0.2) is 0 Å². The van der Waals surface area contributed by atoms with Crippen LogP contribution in [0.5, 0.6) is 5.75 Å². The van der Waals surface area contributed by atoms with E-state index in [4.69, 9.17) is 14.2 Å². The van der Waals surface area contributed by atoms with Crippen molar-refractivity contribution in [2.24, 2.45) is 5.92 Å². The molecule has 0 bridgehead atoms. The maximum Gasteiger partial charge on any atom is 0.132 e. The van der Waals surface area contributed by atoms with Gasteiger partial charge >= 0.3 is 0 Å². The van der Waals surface area contributed by atoms with Gasteiger partial charge in [0, 0.05) is 31.0 Å². The smallest absolute Gasteiger partial charge is 0.132 e. The van der Waals surface area contributed by atoms with Crippen LogP contribution in [0.4, 0.5) is 5.69 Å². The van der Waals surface area contributed by atoms with Gasteiger partial charge in [0.25, 0.3) is 0 Å². The summed E-state index contributed by atoms with van der Waals surface area (Å²) in [6, 6.07) is 15.4. The number of anilines is 1. The fraction of sp³-hybridized carbons (Fsp3) is 0.657. The molecule has 4 heteroatoms. The van der Waals surface area contributed by atoms with E-state index in [0.29, 0.717) is 0 Å². The van der Waals surface area contributed by atoms with E-state index in [9.17, 15) is 0 Å². The number of unbranched alkanes of at least 4 members (excludes halogenated alkanes) is 2. The average molecular weight is 536 g/mol. The van der Waals surface area contributed by atoms with Gasteiger partial charge in [-0.25, -0.2) is 0 Å². The minimum absolute atomic E-state index is 0.137. The van der Waals surface area contributed by atoms with Crippen LogP contribution < -0.4 is 10.1 Å². The Morgan fingerprint density at radius 1 is 0.923 bits per heavy atom. The van der Waals surface area contributed by atoms with Crippen LogP contribution in [0.25, 0.3) is 0 Å². The predicted octanol–water partition coefficient (Wildman–Crippen LogP) is 9.37. The SMILES string of the molecule is CCCCCOC1C(OCCC2CCCCC2)c2cc(NCc3ccc(C(C)(C)C)cc3)ccc2OC1(C)C. The van der Waals surface area contributed by atoms with Crippen LogP contribution in [0.2, 0.25) is 0 Å². The van der Waals surface area contributed by atoms with Gasteiger partial charge in [-0.3, -0.25) is 0 Å². The van der Waals surface area contributed by atoms with Gasteiger partial charge in [0.1, 0.15) is 23.6 Å². The van der Waals surface area contributed by atoms with Crippen molar-refractivity contribution >= 4 is 5.69 Å². The molecule has 4 rings (SSSR count). The molecule has 1 aliphatic carbocycles. The summed E-state index contributed by atoms with van der Waals surface area (Å²) in [7, 11) is 0. The molecule has 0 amide bonds. The number of hydrogen-bond donors (Lipinski definition) is 1. The second kappa shape index (κ2) is 13.5. The Kier molecular flexibility index (Phi) is 10.4. The van der Waals surface area contributed by atoms with E-state index in [1.807, 2.05) is 0 Å². The van der Waals surface area contributed by atoms with E-state index in [1.165, 1.54) is 56.1 Å². The molecule has 2 aliphatic rings. The molecule has 1 aliphatic heterocycles. The predicted molar refractivity (Wildman–Crippen MR) is 163 cm³/mol. The first kappa shape index (κ1) is 29.9. The summed E-state index contributed by atoms with van der Waals surface area (Å²) in [5.41, 5.74) is 4.53. The number of nitrogens with one attached hydrogen (secondary N) is 1. The maximum absolute atomic E-state index is 6.75. The molecule has 1 N–H and O–H groups in total. The number of fused-ring (bicyclic) bond motifs is 1. The molecule has 1 saturated carbocycles. The third-order valence-electron chi connectivity index (χ3n) is 8.56. The zero-order valence-corrected chi connectivity index (χ0v) is 25.5. The number of rotatable bonds is 12. The van der Waals surface area contributed by atoms with Crippen LogP contribution in [0.15, 0.2) is 42.5 Å². The molecule has 39 heavy (non-hydrogen) atoms. The van der Waals surface area contributed by atoms with Gasteiger partial charge in [-0.15, -0.1) is 0 Å². The van der Waals surface area contributed by atoms with Crippen LogP contribution in [0.1, 0.15) is 122 Å². The molecule has 1 heterocycles. The van der Waals surface area contributed by atoms with E-state index in [0.717, 1.165) is 55.5 Å². The van der Waals surface area contributed by atoms with E-state index in [-0.39, 0.29) is 17.6 Å². The maximum atomic E-state index is 6.75. The zero-order valence-electron chi connectivity index (χ0n) is 25.5. The lowest BCUT2D eigenvalue weighted by Crippen LogP contribution is -2.51. The number of hydrogen-bond acceptors (Lipinski definition) is 4. The molecule has 2 atom stereocenters. The van der Waals surface area contributed by atoms with Crippen LogP contribution in [0.3, 0.4) is 0 Å². The Morgan fingerprint density at radius 3 is 2.36 bits per heavy atom. The highest BCUT2D eigenvalue weighted by molar-refractivity contribution is 5.54. The highest BCUT2D eigenvalue weighted by Gasteiger charge is 2.45. The standard InChI is InChI=1S/C35H53NO3/c1-7-8-12-22-38-33-32(37-23-21-26-13-10-9-11-14-26)30-24-29(19-20-31(30)39-35(33,5)6)36-25-27-15-17-28(18-16-27)34(2,3)4/h15-20,24,26,32-33,36H,7-14,21-23,25H2,1-6H3. The largest absolute Gasteiger partial charge is 0.485 e. The lowest BCUT2D eigenvalue weighted by Gasteiger charge is -2.44. The summed E-state index contributed by atoms with van der Waals surface area (Å²) in [4.78, 5) is 0. The lowest BCUT2D eigenvalue weighted by molar-refractivity contribution is -0.163. The summed E-state index contributed by atoms with van der Waals surface area (Å²) in [5.74, 6) is 1.71. The molecule has 0 aromatic heterocycles. The van der Waals surface area contributed by atoms with Gasteiger partial charge < -0.3 is 19.5 Å². The highest BCUT2D eigenvalue weighted by atomic mass is 16.6. The first-order valence-electron chi connectivity index (χ1n) is 15.6. The van der Waals surface area contributed by atoms with Gasteiger partial charge in [-0.2, -0.15) is 0 Å². The van der Waals surface area contributed by atoms with Crippen molar-refractivity contribution in [3.63, 3.8) is 0 Å². The lowest BCUT2D eigenvalue weighted by atomic mass is 9.86. The minimum Gasteiger partial charge on any atom is -0.485 e. The summed E-state index contributed by atoms with van der Waals surface area (Å²) in [6.07, 6.45) is 11.1. The molecule has 2 aromatic rings. The molecule has 0 saturated heterocycles. The van der Waals surface area contributed by atoms with Crippen molar-refractivity contribution < 1.29 is 14.2 Å². The molecule has 0 spiro atoms. The Hall–Kier alpha value is -2.04. The van der Waals surface area contributed by atoms with Gasteiger partial charge in [0.05, 0.1) is 0 Å². The third kappa shape index (κ3) is 8.24. The quantitative estimate of drug-likeness (QED) is 0.275. The Bertz CT molecular complexity index is 1020. The van der Waals surface area contributed by atoms with Gasteiger partial charge in [0.2, 0.25) is 0 Å². The first-order valence-corrected chi connectivity index (χ1v) is 15.6. The zero-order chi connectivity index (χ0) is 27.9. The third-order valence-corrected chi connectivity index (χ3v) is 8.56. The van der Waals surface area contributed by atoms with E-state index in [2.05, 4.69) is 89.3 Å². The number of ether oxygens (including phenoxy) is 3.